The molecule has 2 aromatic carbocycles. The molecule has 4 rings (SSSR count). The number of anilines is 2. The number of nitrogens with zero attached hydrogens (tertiary/aromatic N) is 2. The number of para-hydroxylation sites is 1. The number of rotatable bonds is 6. The maximum Gasteiger partial charge on any atom is 0.134 e. The molecule has 5 heteroatoms. The Balaban J connectivity index is 1.54. The van der Waals surface area contributed by atoms with Gasteiger partial charge < -0.3 is 14.8 Å². The van der Waals surface area contributed by atoms with Gasteiger partial charge in [-0.05, 0) is 49.6 Å². The zero-order valence-electron chi connectivity index (χ0n) is 15.4. The van der Waals surface area contributed by atoms with Crippen LogP contribution in [0.5, 0.6) is 5.75 Å². The summed E-state index contributed by atoms with van der Waals surface area (Å²) in [5, 5.41) is 3.34. The summed E-state index contributed by atoms with van der Waals surface area (Å²) in [5.41, 5.74) is 3.97. The predicted octanol–water partition coefficient (Wildman–Crippen LogP) is 4.75. The highest BCUT2D eigenvalue weighted by atomic mass is 16.5. The van der Waals surface area contributed by atoms with Crippen molar-refractivity contribution >= 4 is 11.5 Å². The molecular weight excluding hydrogens is 338 g/mol. The molecule has 0 radical (unpaired) electrons. The molecule has 1 atom stereocenters. The van der Waals surface area contributed by atoms with Crippen molar-refractivity contribution in [1.29, 1.82) is 0 Å². The lowest BCUT2D eigenvalue weighted by molar-refractivity contribution is 0.0681. The molecule has 2 heterocycles. The highest BCUT2D eigenvalue weighted by Gasteiger charge is 2.17. The van der Waals surface area contributed by atoms with Crippen LogP contribution in [0, 0.1) is 6.92 Å². The van der Waals surface area contributed by atoms with Crippen LogP contribution >= 0.6 is 0 Å². The highest BCUT2D eigenvalue weighted by molar-refractivity contribution is 5.70. The van der Waals surface area contributed by atoms with Crippen molar-refractivity contribution in [3.8, 4) is 17.0 Å². The van der Waals surface area contributed by atoms with Crippen molar-refractivity contribution in [3.63, 3.8) is 0 Å². The van der Waals surface area contributed by atoms with E-state index in [4.69, 9.17) is 9.47 Å². The maximum absolute atomic E-state index is 6.04. The van der Waals surface area contributed by atoms with Crippen LogP contribution in [0.15, 0.2) is 60.9 Å². The van der Waals surface area contributed by atoms with E-state index in [0.717, 1.165) is 48.0 Å². The first-order valence-corrected chi connectivity index (χ1v) is 9.27. The molecule has 0 saturated carbocycles. The zero-order valence-corrected chi connectivity index (χ0v) is 15.4. The van der Waals surface area contributed by atoms with Crippen LogP contribution in [0.2, 0.25) is 0 Å². The Morgan fingerprint density at radius 3 is 2.89 bits per heavy atom. The number of ether oxygens (including phenoxy) is 2. The van der Waals surface area contributed by atoms with Crippen LogP contribution in [0.1, 0.15) is 18.4 Å². The first-order chi connectivity index (χ1) is 13.3. The molecule has 1 N–H and O–H groups in total. The number of aromatic nitrogens is 2. The van der Waals surface area contributed by atoms with Crippen LogP contribution in [-0.4, -0.2) is 29.3 Å². The van der Waals surface area contributed by atoms with Crippen LogP contribution in [0.4, 0.5) is 11.5 Å². The quantitative estimate of drug-likeness (QED) is 0.686. The Morgan fingerprint density at radius 1 is 1.11 bits per heavy atom. The van der Waals surface area contributed by atoms with Crippen LogP contribution in [0.3, 0.4) is 0 Å². The molecule has 138 valence electrons. The molecule has 27 heavy (non-hydrogen) atoms. The van der Waals surface area contributed by atoms with Crippen LogP contribution < -0.4 is 10.1 Å². The Morgan fingerprint density at radius 2 is 2.04 bits per heavy atom. The summed E-state index contributed by atoms with van der Waals surface area (Å²) in [7, 11) is 0. The van der Waals surface area contributed by atoms with E-state index in [1.807, 2.05) is 42.5 Å². The third-order valence-corrected chi connectivity index (χ3v) is 4.57. The van der Waals surface area contributed by atoms with Gasteiger partial charge in [0.25, 0.3) is 0 Å². The number of hydrogen-bond donors (Lipinski definition) is 1. The summed E-state index contributed by atoms with van der Waals surface area (Å²) in [4.78, 5) is 8.79. The molecule has 5 nitrogen and oxygen atoms in total. The fraction of sp³-hybridized carbons (Fsp3) is 0.273. The summed E-state index contributed by atoms with van der Waals surface area (Å²) in [6.07, 6.45) is 3.92. The Labute approximate surface area is 159 Å². The van der Waals surface area contributed by atoms with E-state index in [1.165, 1.54) is 5.56 Å². The van der Waals surface area contributed by atoms with Crippen molar-refractivity contribution in [2.45, 2.75) is 25.9 Å². The van der Waals surface area contributed by atoms with Crippen LogP contribution in [0.25, 0.3) is 11.3 Å². The minimum Gasteiger partial charge on any atom is -0.490 e. The van der Waals surface area contributed by atoms with Crippen molar-refractivity contribution in [2.75, 3.05) is 18.5 Å². The summed E-state index contributed by atoms with van der Waals surface area (Å²) >= 11 is 0. The second-order valence-electron chi connectivity index (χ2n) is 6.73. The lowest BCUT2D eigenvalue weighted by Gasteiger charge is -2.15. The smallest absolute Gasteiger partial charge is 0.134 e. The van der Waals surface area contributed by atoms with E-state index in [1.54, 1.807) is 6.33 Å². The molecule has 1 unspecified atom stereocenters. The fourth-order valence-electron chi connectivity index (χ4n) is 3.21. The Kier molecular flexibility index (Phi) is 5.30. The van der Waals surface area contributed by atoms with Crippen molar-refractivity contribution in [3.05, 3.63) is 66.5 Å². The predicted molar refractivity (Wildman–Crippen MR) is 106 cm³/mol. The van der Waals surface area contributed by atoms with Gasteiger partial charge in [0.2, 0.25) is 0 Å². The number of nitrogens with one attached hydrogen (secondary N) is 1. The van der Waals surface area contributed by atoms with E-state index in [-0.39, 0.29) is 6.10 Å². The largest absolute Gasteiger partial charge is 0.490 e. The van der Waals surface area contributed by atoms with Gasteiger partial charge in [0.1, 0.15) is 24.5 Å². The molecular formula is C22H23N3O2. The van der Waals surface area contributed by atoms with Gasteiger partial charge in [0, 0.05) is 23.9 Å². The minimum absolute atomic E-state index is 0.182. The minimum atomic E-state index is 0.182. The summed E-state index contributed by atoms with van der Waals surface area (Å²) < 4.78 is 11.7. The molecule has 1 aliphatic heterocycles. The van der Waals surface area contributed by atoms with Gasteiger partial charge in [-0.15, -0.1) is 0 Å². The molecule has 3 aromatic rings. The lowest BCUT2D eigenvalue weighted by atomic mass is 10.1. The van der Waals surface area contributed by atoms with Crippen molar-refractivity contribution in [2.24, 2.45) is 0 Å². The van der Waals surface area contributed by atoms with Gasteiger partial charge in [0.15, 0.2) is 0 Å². The summed E-state index contributed by atoms with van der Waals surface area (Å²) in [6, 6.07) is 18.1. The van der Waals surface area contributed by atoms with Crippen molar-refractivity contribution < 1.29 is 9.47 Å². The maximum atomic E-state index is 6.04. The molecule has 1 aliphatic rings. The molecule has 1 aromatic heterocycles. The molecule has 0 bridgehead atoms. The van der Waals surface area contributed by atoms with E-state index in [0.29, 0.717) is 6.61 Å². The third-order valence-electron chi connectivity index (χ3n) is 4.57. The van der Waals surface area contributed by atoms with Gasteiger partial charge >= 0.3 is 0 Å². The van der Waals surface area contributed by atoms with Gasteiger partial charge in [-0.1, -0.05) is 24.3 Å². The summed E-state index contributed by atoms with van der Waals surface area (Å²) in [5.74, 6) is 1.56. The monoisotopic (exact) mass is 361 g/mol. The normalized spacial score (nSPS) is 16.3. The first kappa shape index (κ1) is 17.5. The van der Waals surface area contributed by atoms with E-state index >= 15 is 0 Å². The average molecular weight is 361 g/mol. The summed E-state index contributed by atoms with van der Waals surface area (Å²) in [6.45, 7) is 3.46. The highest BCUT2D eigenvalue weighted by Crippen LogP contribution is 2.30. The Bertz CT molecular complexity index is 907. The number of benzene rings is 2. The standard InChI is InChI=1S/C22H23N3O2/c1-16-6-4-7-17(12-16)25-22-13-20(23-15-24-22)19-9-2-3-10-21(19)27-14-18-8-5-11-26-18/h2-4,6-7,9-10,12-13,15,18H,5,8,11,14H2,1H3,(H,23,24,25). The van der Waals surface area contributed by atoms with Gasteiger partial charge in [0.05, 0.1) is 11.8 Å². The Hall–Kier alpha value is -2.92. The van der Waals surface area contributed by atoms with Gasteiger partial charge in [-0.25, -0.2) is 9.97 Å². The molecule has 0 amide bonds. The SMILES string of the molecule is Cc1cccc(Nc2cc(-c3ccccc3OCC3CCCO3)ncn2)c1. The fourth-order valence-corrected chi connectivity index (χ4v) is 3.21. The van der Waals surface area contributed by atoms with Crippen LogP contribution in [-0.2, 0) is 4.74 Å². The third kappa shape index (κ3) is 4.44. The second kappa shape index (κ2) is 8.18. The zero-order chi connectivity index (χ0) is 18.5. The van der Waals surface area contributed by atoms with Gasteiger partial charge in [-0.3, -0.25) is 0 Å². The molecule has 0 spiro atoms. The molecule has 1 saturated heterocycles. The number of hydrogen-bond acceptors (Lipinski definition) is 5. The van der Waals surface area contributed by atoms with E-state index < -0.39 is 0 Å². The lowest BCUT2D eigenvalue weighted by Crippen LogP contribution is -2.16. The average Bonchev–Trinajstić information content (AvgIpc) is 3.20. The molecule has 0 aliphatic carbocycles. The van der Waals surface area contributed by atoms with Crippen molar-refractivity contribution in [1.82, 2.24) is 9.97 Å². The number of aryl methyl sites for hydroxylation is 1. The second-order valence-corrected chi connectivity index (χ2v) is 6.73. The molecule has 1 fully saturated rings. The topological polar surface area (TPSA) is 56.3 Å². The van der Waals surface area contributed by atoms with Gasteiger partial charge in [-0.2, -0.15) is 0 Å². The van der Waals surface area contributed by atoms with E-state index in [9.17, 15) is 0 Å². The van der Waals surface area contributed by atoms with E-state index in [2.05, 4.69) is 34.3 Å². The first-order valence-electron chi connectivity index (χ1n) is 9.27.